The summed E-state index contributed by atoms with van der Waals surface area (Å²) in [6.07, 6.45) is 4.62. The second kappa shape index (κ2) is 7.98. The number of nitrogens with one attached hydrogen (secondary N) is 2. The number of carbonyl (C=O) groups is 1. The van der Waals surface area contributed by atoms with Gasteiger partial charge in [0.2, 0.25) is 11.9 Å². The van der Waals surface area contributed by atoms with Crippen LogP contribution < -0.4 is 15.5 Å². The molecule has 122 valence electrons. The van der Waals surface area contributed by atoms with Crippen LogP contribution in [0.4, 0.5) is 11.8 Å². The maximum absolute atomic E-state index is 11.6. The van der Waals surface area contributed by atoms with E-state index in [1.54, 1.807) is 24.5 Å². The highest BCUT2D eigenvalue weighted by Gasteiger charge is 2.03. The van der Waals surface area contributed by atoms with Gasteiger partial charge in [-0.05, 0) is 25.1 Å². The molecule has 2 N–H and O–H groups in total. The Hall–Kier alpha value is -2.83. The molecule has 7 heteroatoms. The number of hydrogen-bond acceptors (Lipinski definition) is 6. The Bertz CT molecular complexity index is 665. The van der Waals surface area contributed by atoms with Gasteiger partial charge >= 0.3 is 0 Å². The largest absolute Gasteiger partial charge is 0.465 e. The minimum atomic E-state index is -0.178. The molecule has 2 rings (SSSR count). The summed E-state index contributed by atoms with van der Waals surface area (Å²) >= 11 is 0. The average Bonchev–Trinajstić information content (AvgIpc) is 3.02. The van der Waals surface area contributed by atoms with E-state index >= 15 is 0 Å². The molecule has 0 spiro atoms. The molecule has 2 aromatic heterocycles. The fourth-order valence-electron chi connectivity index (χ4n) is 1.82. The molecule has 2 aromatic rings. The first-order valence-electron chi connectivity index (χ1n) is 7.31. The zero-order valence-corrected chi connectivity index (χ0v) is 13.5. The molecule has 1 amide bonds. The van der Waals surface area contributed by atoms with Gasteiger partial charge < -0.3 is 20.0 Å². The van der Waals surface area contributed by atoms with Crippen LogP contribution in [0.2, 0.25) is 0 Å². The molecular weight excluding hydrogens is 294 g/mol. The van der Waals surface area contributed by atoms with Crippen molar-refractivity contribution < 1.29 is 9.21 Å². The van der Waals surface area contributed by atoms with Crippen LogP contribution in [0.3, 0.4) is 0 Å². The summed E-state index contributed by atoms with van der Waals surface area (Å²) in [5, 5.41) is 5.87. The molecular formula is C16H21N5O2. The van der Waals surface area contributed by atoms with Crippen molar-refractivity contribution in [3.63, 3.8) is 0 Å². The van der Waals surface area contributed by atoms with Gasteiger partial charge in [0.15, 0.2) is 0 Å². The zero-order chi connectivity index (χ0) is 16.7. The number of hydrogen-bond donors (Lipinski definition) is 2. The molecule has 0 saturated carbocycles. The van der Waals surface area contributed by atoms with Crippen LogP contribution in [0.15, 0.2) is 35.0 Å². The van der Waals surface area contributed by atoms with Crippen molar-refractivity contribution in [2.75, 3.05) is 37.4 Å². The van der Waals surface area contributed by atoms with Crippen LogP contribution in [0.5, 0.6) is 0 Å². The number of anilines is 2. The smallest absolute Gasteiger partial charge is 0.244 e. The normalized spacial score (nSPS) is 10.7. The Kier molecular flexibility index (Phi) is 5.74. The fourth-order valence-corrected chi connectivity index (χ4v) is 1.82. The van der Waals surface area contributed by atoms with Crippen LogP contribution >= 0.6 is 0 Å². The zero-order valence-electron chi connectivity index (χ0n) is 13.5. The van der Waals surface area contributed by atoms with Crippen LogP contribution in [0.25, 0.3) is 6.08 Å². The number of carbonyl (C=O) groups excluding carboxylic acids is 1. The molecule has 7 nitrogen and oxygen atoms in total. The summed E-state index contributed by atoms with van der Waals surface area (Å²) in [5.41, 5.74) is 0.886. The lowest BCUT2D eigenvalue weighted by Gasteiger charge is -2.13. The maximum atomic E-state index is 11.6. The van der Waals surface area contributed by atoms with Crippen molar-refractivity contribution >= 4 is 23.7 Å². The van der Waals surface area contributed by atoms with E-state index in [2.05, 4.69) is 20.6 Å². The van der Waals surface area contributed by atoms with Crippen LogP contribution in [0.1, 0.15) is 11.5 Å². The van der Waals surface area contributed by atoms with E-state index in [-0.39, 0.29) is 5.91 Å². The first-order valence-corrected chi connectivity index (χ1v) is 7.31. The quantitative estimate of drug-likeness (QED) is 0.597. The van der Waals surface area contributed by atoms with Crippen molar-refractivity contribution in [1.82, 2.24) is 15.3 Å². The predicted octanol–water partition coefficient (Wildman–Crippen LogP) is 1.69. The predicted molar refractivity (Wildman–Crippen MR) is 90.3 cm³/mol. The van der Waals surface area contributed by atoms with Gasteiger partial charge in [-0.1, -0.05) is 0 Å². The summed E-state index contributed by atoms with van der Waals surface area (Å²) in [4.78, 5) is 22.3. The first kappa shape index (κ1) is 16.5. The van der Waals surface area contributed by atoms with E-state index in [4.69, 9.17) is 4.42 Å². The van der Waals surface area contributed by atoms with Gasteiger partial charge in [-0.2, -0.15) is 4.98 Å². The second-order valence-electron chi connectivity index (χ2n) is 5.15. The first-order chi connectivity index (χ1) is 11.0. The van der Waals surface area contributed by atoms with Crippen molar-refractivity contribution in [2.45, 2.75) is 6.92 Å². The van der Waals surface area contributed by atoms with Gasteiger partial charge in [0, 0.05) is 45.0 Å². The van der Waals surface area contributed by atoms with Crippen molar-refractivity contribution in [1.29, 1.82) is 0 Å². The summed E-state index contributed by atoms with van der Waals surface area (Å²) < 4.78 is 5.11. The Labute approximate surface area is 135 Å². The highest BCUT2D eigenvalue weighted by molar-refractivity contribution is 5.91. The molecule has 23 heavy (non-hydrogen) atoms. The van der Waals surface area contributed by atoms with Gasteiger partial charge in [0.05, 0.1) is 6.26 Å². The molecule has 0 atom stereocenters. The van der Waals surface area contributed by atoms with Gasteiger partial charge in [-0.3, -0.25) is 4.79 Å². The monoisotopic (exact) mass is 315 g/mol. The highest BCUT2D eigenvalue weighted by Crippen LogP contribution is 2.11. The molecule has 0 bridgehead atoms. The standard InChI is InChI=1S/C16H21N5O2/c1-12-11-14(21(2)3)20-16(19-12)18-9-8-17-15(22)7-6-13-5-4-10-23-13/h4-7,10-11H,8-9H2,1-3H3,(H,17,22)(H,18,19,20)/b7-6+. The molecule has 2 heterocycles. The molecule has 0 aliphatic carbocycles. The Morgan fingerprint density at radius 2 is 2.17 bits per heavy atom. The molecule has 0 unspecified atom stereocenters. The minimum Gasteiger partial charge on any atom is -0.465 e. The Balaban J connectivity index is 1.76. The van der Waals surface area contributed by atoms with Crippen LogP contribution in [-0.4, -0.2) is 43.1 Å². The number of aromatic nitrogens is 2. The van der Waals surface area contributed by atoms with Crippen molar-refractivity contribution in [3.8, 4) is 0 Å². The highest BCUT2D eigenvalue weighted by atomic mass is 16.3. The summed E-state index contributed by atoms with van der Waals surface area (Å²) in [6.45, 7) is 2.92. The van der Waals surface area contributed by atoms with Gasteiger partial charge in [0.25, 0.3) is 0 Å². The number of furan rings is 1. The third-order valence-corrected chi connectivity index (χ3v) is 2.95. The average molecular weight is 315 g/mol. The lowest BCUT2D eigenvalue weighted by molar-refractivity contribution is -0.116. The number of nitrogens with zero attached hydrogens (tertiary/aromatic N) is 3. The molecule has 0 aliphatic heterocycles. The van der Waals surface area contributed by atoms with Gasteiger partial charge in [-0.15, -0.1) is 0 Å². The summed E-state index contributed by atoms with van der Waals surface area (Å²) in [7, 11) is 3.86. The molecule has 0 aromatic carbocycles. The van der Waals surface area contributed by atoms with Gasteiger partial charge in [0.1, 0.15) is 11.6 Å². The second-order valence-corrected chi connectivity index (χ2v) is 5.15. The summed E-state index contributed by atoms with van der Waals surface area (Å²) in [5.74, 6) is 1.85. The van der Waals surface area contributed by atoms with Crippen molar-refractivity contribution in [2.24, 2.45) is 0 Å². The third kappa shape index (κ3) is 5.46. The van der Waals surface area contributed by atoms with E-state index in [1.165, 1.54) is 6.08 Å². The number of amides is 1. The lowest BCUT2D eigenvalue weighted by atomic mass is 10.4. The molecule has 0 aliphatic rings. The summed E-state index contributed by atoms with van der Waals surface area (Å²) in [6, 6.07) is 5.46. The Morgan fingerprint density at radius 3 is 2.87 bits per heavy atom. The van der Waals surface area contributed by atoms with E-state index in [1.807, 2.05) is 32.0 Å². The third-order valence-electron chi connectivity index (χ3n) is 2.95. The van der Waals surface area contributed by atoms with E-state index < -0.39 is 0 Å². The Morgan fingerprint density at radius 1 is 1.35 bits per heavy atom. The molecule has 0 saturated heterocycles. The lowest BCUT2D eigenvalue weighted by Crippen LogP contribution is -2.27. The van der Waals surface area contributed by atoms with Crippen molar-refractivity contribution in [3.05, 3.63) is 42.0 Å². The van der Waals surface area contributed by atoms with Gasteiger partial charge in [-0.25, -0.2) is 4.98 Å². The molecule has 0 fully saturated rings. The number of aryl methyl sites for hydroxylation is 1. The van der Waals surface area contributed by atoms with Crippen LogP contribution in [0, 0.1) is 6.92 Å². The van der Waals surface area contributed by atoms with E-state index in [0.717, 1.165) is 11.5 Å². The fraction of sp³-hybridized carbons (Fsp3) is 0.312. The maximum Gasteiger partial charge on any atom is 0.244 e. The number of rotatable bonds is 7. The topological polar surface area (TPSA) is 83.3 Å². The van der Waals surface area contributed by atoms with Crippen LogP contribution in [-0.2, 0) is 4.79 Å². The SMILES string of the molecule is Cc1cc(N(C)C)nc(NCCNC(=O)/C=C/c2ccco2)n1. The van der Waals surface area contributed by atoms with E-state index in [9.17, 15) is 4.79 Å². The minimum absolute atomic E-state index is 0.178. The molecule has 0 radical (unpaired) electrons. The van der Waals surface area contributed by atoms with E-state index in [0.29, 0.717) is 24.8 Å².